The molecule has 0 saturated carbocycles. The van der Waals surface area contributed by atoms with Crippen LogP contribution in [0.1, 0.15) is 44.2 Å². The summed E-state index contributed by atoms with van der Waals surface area (Å²) in [7, 11) is -1.61. The monoisotopic (exact) mass is 577 g/mol. The second-order valence-electron chi connectivity index (χ2n) is 11.3. The highest BCUT2D eigenvalue weighted by molar-refractivity contribution is 7.80. The standard InChI is InChI=1S/C30H40BN5O4S/c1-19(2)15-27(31(39)40)35-29(41)25(16-20-9-4-3-5-10-20)34-28(37)26-13-8-14-36(26)30(38)23(32)17-21-18-33-24-12-7-6-11-22(21)24/h3-7,9-12,18-19,23,25-27,33,39-40H,8,13-17,32H2,1-2H3,(H,34,37)(H,35,41)/t23-,25-,26-,27-/m0/s1. The topological polar surface area (TPSA) is 144 Å². The molecule has 0 bridgehead atoms. The number of likely N-dealkylation sites (tertiary alicyclic amines) is 1. The average molecular weight is 578 g/mol. The number of aromatic amines is 1. The summed E-state index contributed by atoms with van der Waals surface area (Å²) in [6, 6.07) is 15.5. The van der Waals surface area contributed by atoms with Gasteiger partial charge in [0.25, 0.3) is 0 Å². The van der Waals surface area contributed by atoms with Gasteiger partial charge in [0, 0.05) is 23.6 Å². The number of hydrogen-bond acceptors (Lipinski definition) is 6. The number of nitrogens with two attached hydrogens (primary N) is 1. The SMILES string of the molecule is CC(C)C[C@H](NC(=S)[C@H](Cc1ccccc1)NC(=O)[C@@H]1CCCN1C(=O)[C@@H](N)Cc1c[nH]c2ccccc12)B(O)O. The molecule has 4 rings (SSSR count). The highest BCUT2D eigenvalue weighted by Gasteiger charge is 2.38. The minimum absolute atomic E-state index is 0.200. The quantitative estimate of drug-likeness (QED) is 0.143. The minimum atomic E-state index is -1.61. The number of amides is 2. The van der Waals surface area contributed by atoms with Crippen LogP contribution >= 0.6 is 12.2 Å². The number of nitrogens with one attached hydrogen (secondary N) is 3. The molecular formula is C30H40BN5O4S. The fourth-order valence-electron chi connectivity index (χ4n) is 5.51. The summed E-state index contributed by atoms with van der Waals surface area (Å²) in [6.07, 6.45) is 4.37. The van der Waals surface area contributed by atoms with Crippen molar-refractivity contribution in [1.82, 2.24) is 20.5 Å². The predicted molar refractivity (Wildman–Crippen MR) is 166 cm³/mol. The van der Waals surface area contributed by atoms with Crippen molar-refractivity contribution in [3.63, 3.8) is 0 Å². The van der Waals surface area contributed by atoms with Gasteiger partial charge < -0.3 is 36.3 Å². The molecule has 7 N–H and O–H groups in total. The molecule has 0 unspecified atom stereocenters. The van der Waals surface area contributed by atoms with Crippen LogP contribution in [0.2, 0.25) is 0 Å². The van der Waals surface area contributed by atoms with Gasteiger partial charge in [0.2, 0.25) is 11.8 Å². The van der Waals surface area contributed by atoms with E-state index in [0.717, 1.165) is 22.0 Å². The summed E-state index contributed by atoms with van der Waals surface area (Å²) in [4.78, 5) is 32.2. The number of benzene rings is 2. The number of rotatable bonds is 12. The fraction of sp³-hybridized carbons (Fsp3) is 0.433. The zero-order chi connectivity index (χ0) is 29.5. The molecule has 0 aliphatic carbocycles. The number of nitrogens with zero attached hydrogens (tertiary/aromatic N) is 1. The van der Waals surface area contributed by atoms with Gasteiger partial charge >= 0.3 is 7.12 Å². The Bertz CT molecular complexity index is 1330. The number of carbonyl (C=O) groups excluding carboxylic acids is 2. The maximum Gasteiger partial charge on any atom is 0.475 e. The number of H-pyrrole nitrogens is 1. The van der Waals surface area contributed by atoms with Gasteiger partial charge in [-0.25, -0.2) is 0 Å². The van der Waals surface area contributed by atoms with Crippen molar-refractivity contribution < 1.29 is 19.6 Å². The summed E-state index contributed by atoms with van der Waals surface area (Å²) < 4.78 is 0. The minimum Gasteiger partial charge on any atom is -0.426 e. The first kappa shape index (κ1) is 30.7. The third kappa shape index (κ3) is 7.94. The van der Waals surface area contributed by atoms with Crippen molar-refractivity contribution in [2.45, 2.75) is 70.0 Å². The molecular weight excluding hydrogens is 537 g/mol. The zero-order valence-corrected chi connectivity index (χ0v) is 24.4. The summed E-state index contributed by atoms with van der Waals surface area (Å²) in [5.41, 5.74) is 9.31. The van der Waals surface area contributed by atoms with E-state index in [9.17, 15) is 19.6 Å². The van der Waals surface area contributed by atoms with Crippen LogP contribution < -0.4 is 16.4 Å². The van der Waals surface area contributed by atoms with Gasteiger partial charge in [-0.3, -0.25) is 9.59 Å². The second-order valence-corrected chi connectivity index (χ2v) is 11.7. The first-order valence-corrected chi connectivity index (χ1v) is 14.7. The van der Waals surface area contributed by atoms with E-state index in [2.05, 4.69) is 15.6 Å². The lowest BCUT2D eigenvalue weighted by Crippen LogP contribution is -2.57. The van der Waals surface area contributed by atoms with E-state index < -0.39 is 31.2 Å². The van der Waals surface area contributed by atoms with Gasteiger partial charge in [-0.15, -0.1) is 0 Å². The van der Waals surface area contributed by atoms with Gasteiger partial charge in [0.15, 0.2) is 0 Å². The smallest absolute Gasteiger partial charge is 0.426 e. The summed E-state index contributed by atoms with van der Waals surface area (Å²) in [6.45, 7) is 4.42. The zero-order valence-electron chi connectivity index (χ0n) is 23.6. The maximum atomic E-state index is 13.6. The summed E-state index contributed by atoms with van der Waals surface area (Å²) >= 11 is 5.69. The molecule has 11 heteroatoms. The molecule has 2 aromatic carbocycles. The molecule has 0 spiro atoms. The first-order valence-electron chi connectivity index (χ1n) is 14.3. The van der Waals surface area contributed by atoms with Crippen LogP contribution in [-0.2, 0) is 22.4 Å². The average Bonchev–Trinajstić information content (AvgIpc) is 3.60. The normalized spacial score (nSPS) is 17.3. The van der Waals surface area contributed by atoms with Crippen molar-refractivity contribution in [3.8, 4) is 0 Å². The molecule has 4 atom stereocenters. The molecule has 0 radical (unpaired) electrons. The third-order valence-corrected chi connectivity index (χ3v) is 8.00. The van der Waals surface area contributed by atoms with Gasteiger partial charge in [-0.05, 0) is 55.2 Å². The molecule has 1 aromatic heterocycles. The Hall–Kier alpha value is -3.25. The maximum absolute atomic E-state index is 13.6. The molecule has 41 heavy (non-hydrogen) atoms. The number of carbonyl (C=O) groups is 2. The molecule has 1 fully saturated rings. The van der Waals surface area contributed by atoms with Crippen LogP contribution in [0.25, 0.3) is 10.9 Å². The molecule has 9 nitrogen and oxygen atoms in total. The Morgan fingerprint density at radius 1 is 1.10 bits per heavy atom. The first-order chi connectivity index (χ1) is 19.6. The van der Waals surface area contributed by atoms with E-state index in [0.29, 0.717) is 43.6 Å². The lowest BCUT2D eigenvalue weighted by Gasteiger charge is -2.30. The molecule has 1 aliphatic rings. The number of fused-ring (bicyclic) bond motifs is 1. The van der Waals surface area contributed by atoms with Crippen molar-refractivity contribution in [2.75, 3.05) is 6.54 Å². The Morgan fingerprint density at radius 3 is 2.51 bits per heavy atom. The van der Waals surface area contributed by atoms with E-state index >= 15 is 0 Å². The number of aromatic nitrogens is 1. The van der Waals surface area contributed by atoms with Crippen LogP contribution in [0, 0.1) is 5.92 Å². The molecule has 2 heterocycles. The highest BCUT2D eigenvalue weighted by Crippen LogP contribution is 2.22. The predicted octanol–water partition coefficient (Wildman–Crippen LogP) is 2.10. The lowest BCUT2D eigenvalue weighted by atomic mass is 9.75. The largest absolute Gasteiger partial charge is 0.475 e. The second kappa shape index (κ2) is 14.1. The fourth-order valence-corrected chi connectivity index (χ4v) is 5.81. The molecule has 1 saturated heterocycles. The third-order valence-electron chi connectivity index (χ3n) is 7.60. The Morgan fingerprint density at radius 2 is 1.80 bits per heavy atom. The van der Waals surface area contributed by atoms with Gasteiger partial charge in [-0.2, -0.15) is 0 Å². The Labute approximate surface area is 247 Å². The van der Waals surface area contributed by atoms with Crippen LogP contribution in [-0.4, -0.2) is 74.5 Å². The van der Waals surface area contributed by atoms with Crippen LogP contribution in [0.3, 0.4) is 0 Å². The molecule has 2 amide bonds. The van der Waals surface area contributed by atoms with E-state index in [4.69, 9.17) is 18.0 Å². The molecule has 3 aromatic rings. The van der Waals surface area contributed by atoms with Gasteiger partial charge in [-0.1, -0.05) is 74.6 Å². The highest BCUT2D eigenvalue weighted by atomic mass is 32.1. The molecule has 218 valence electrons. The number of thiocarbonyl (C=S) groups is 1. The van der Waals surface area contributed by atoms with Gasteiger partial charge in [0.1, 0.15) is 6.04 Å². The van der Waals surface area contributed by atoms with Crippen LogP contribution in [0.5, 0.6) is 0 Å². The lowest BCUT2D eigenvalue weighted by molar-refractivity contribution is -0.139. The van der Waals surface area contributed by atoms with E-state index in [-0.39, 0.29) is 17.7 Å². The van der Waals surface area contributed by atoms with E-state index in [1.165, 1.54) is 0 Å². The van der Waals surface area contributed by atoms with Crippen molar-refractivity contribution in [3.05, 3.63) is 71.9 Å². The van der Waals surface area contributed by atoms with E-state index in [1.807, 2.05) is 74.6 Å². The van der Waals surface area contributed by atoms with Crippen LogP contribution in [0.15, 0.2) is 60.8 Å². The Balaban J connectivity index is 1.46. The van der Waals surface area contributed by atoms with Crippen LogP contribution in [0.4, 0.5) is 0 Å². The van der Waals surface area contributed by atoms with Crippen molar-refractivity contribution in [1.29, 1.82) is 0 Å². The number of hydrogen-bond donors (Lipinski definition) is 6. The summed E-state index contributed by atoms with van der Waals surface area (Å²) in [5, 5.41) is 27.0. The van der Waals surface area contributed by atoms with Crippen molar-refractivity contribution in [2.24, 2.45) is 11.7 Å². The van der Waals surface area contributed by atoms with E-state index in [1.54, 1.807) is 4.90 Å². The summed E-state index contributed by atoms with van der Waals surface area (Å²) in [5.74, 6) is -1.03. The van der Waals surface area contributed by atoms with Gasteiger partial charge in [0.05, 0.1) is 23.0 Å². The number of para-hydroxylation sites is 1. The van der Waals surface area contributed by atoms with Crippen molar-refractivity contribution >= 4 is 47.0 Å². The molecule has 1 aliphatic heterocycles. The Kier molecular flexibility index (Phi) is 10.6.